The molecule has 176 valence electrons. The van der Waals surface area contributed by atoms with E-state index in [0.29, 0.717) is 11.3 Å². The predicted octanol–water partition coefficient (Wildman–Crippen LogP) is 4.85. The van der Waals surface area contributed by atoms with Crippen molar-refractivity contribution in [1.29, 1.82) is 0 Å². The van der Waals surface area contributed by atoms with Gasteiger partial charge in [-0.05, 0) is 67.8 Å². The van der Waals surface area contributed by atoms with Gasteiger partial charge in [0.05, 0.1) is 17.5 Å². The van der Waals surface area contributed by atoms with Gasteiger partial charge in [0.1, 0.15) is 5.75 Å². The lowest BCUT2D eigenvalue weighted by Crippen LogP contribution is -2.32. The van der Waals surface area contributed by atoms with Crippen LogP contribution in [-0.4, -0.2) is 24.8 Å². The average Bonchev–Trinajstić information content (AvgIpc) is 2.82. The number of sulfonamides is 1. The van der Waals surface area contributed by atoms with E-state index in [2.05, 4.69) is 4.98 Å². The number of nitrogens with one attached hydrogen (secondary N) is 1. The molecule has 1 N–H and O–H groups in total. The number of aromatic nitrogens is 1. The van der Waals surface area contributed by atoms with E-state index < -0.39 is 10.0 Å². The van der Waals surface area contributed by atoms with E-state index >= 15 is 0 Å². The highest BCUT2D eigenvalue weighted by molar-refractivity contribution is 7.89. The minimum Gasteiger partial charge on any atom is -0.497 e. The van der Waals surface area contributed by atoms with Gasteiger partial charge in [0.2, 0.25) is 10.0 Å². The number of H-pyrrole nitrogens is 1. The van der Waals surface area contributed by atoms with Crippen molar-refractivity contribution in [2.45, 2.75) is 38.8 Å². The Hall–Kier alpha value is -3.42. The Morgan fingerprint density at radius 2 is 1.50 bits per heavy atom. The molecular weight excluding hydrogens is 448 g/mol. The van der Waals surface area contributed by atoms with E-state index in [-0.39, 0.29) is 23.5 Å². The van der Waals surface area contributed by atoms with E-state index in [9.17, 15) is 13.2 Å². The van der Waals surface area contributed by atoms with E-state index in [4.69, 9.17) is 4.74 Å². The molecule has 1 heterocycles. The molecule has 0 saturated heterocycles. The molecule has 34 heavy (non-hydrogen) atoms. The molecule has 0 radical (unpaired) electrons. The maximum atomic E-state index is 13.7. The van der Waals surface area contributed by atoms with Gasteiger partial charge in [-0.3, -0.25) is 4.79 Å². The zero-order valence-corrected chi connectivity index (χ0v) is 20.6. The molecule has 6 nitrogen and oxygen atoms in total. The van der Waals surface area contributed by atoms with Crippen LogP contribution in [0.3, 0.4) is 0 Å². The van der Waals surface area contributed by atoms with Crippen molar-refractivity contribution in [3.8, 4) is 5.75 Å². The van der Waals surface area contributed by atoms with Crippen LogP contribution in [0.25, 0.3) is 10.9 Å². The number of aromatic amines is 1. The third-order valence-corrected chi connectivity index (χ3v) is 7.85. The first-order valence-electron chi connectivity index (χ1n) is 11.0. The topological polar surface area (TPSA) is 79.5 Å². The summed E-state index contributed by atoms with van der Waals surface area (Å²) in [6, 6.07) is 19.8. The number of hydrogen-bond acceptors (Lipinski definition) is 4. The third-order valence-electron chi connectivity index (χ3n) is 6.04. The maximum absolute atomic E-state index is 13.7. The van der Waals surface area contributed by atoms with Gasteiger partial charge in [-0.1, -0.05) is 42.0 Å². The Morgan fingerprint density at radius 1 is 0.853 bits per heavy atom. The molecule has 0 amide bonds. The minimum atomic E-state index is -3.87. The van der Waals surface area contributed by atoms with Crippen molar-refractivity contribution in [2.24, 2.45) is 0 Å². The summed E-state index contributed by atoms with van der Waals surface area (Å²) < 4.78 is 33.9. The van der Waals surface area contributed by atoms with Crippen molar-refractivity contribution >= 4 is 20.9 Å². The molecule has 7 heteroatoms. The lowest BCUT2D eigenvalue weighted by molar-refractivity contribution is 0.398. The second-order valence-electron chi connectivity index (χ2n) is 8.55. The lowest BCUT2D eigenvalue weighted by Gasteiger charge is -2.23. The summed E-state index contributed by atoms with van der Waals surface area (Å²) in [5, 5.41) is 0.909. The van der Waals surface area contributed by atoms with E-state index in [1.54, 1.807) is 43.5 Å². The highest BCUT2D eigenvalue weighted by Crippen LogP contribution is 2.24. The largest absolute Gasteiger partial charge is 0.497 e. The summed E-state index contributed by atoms with van der Waals surface area (Å²) in [5.74, 6) is 0.688. The molecule has 0 aliphatic carbocycles. The first-order chi connectivity index (χ1) is 16.2. The van der Waals surface area contributed by atoms with Gasteiger partial charge in [0, 0.05) is 24.0 Å². The zero-order chi connectivity index (χ0) is 24.5. The van der Waals surface area contributed by atoms with Crippen molar-refractivity contribution in [3.05, 3.63) is 105 Å². The Morgan fingerprint density at radius 3 is 2.15 bits per heavy atom. The number of methoxy groups -OCH3 is 1. The van der Waals surface area contributed by atoms with Gasteiger partial charge in [-0.15, -0.1) is 0 Å². The van der Waals surface area contributed by atoms with E-state index in [1.165, 1.54) is 4.31 Å². The van der Waals surface area contributed by atoms with Gasteiger partial charge >= 0.3 is 0 Å². The summed E-state index contributed by atoms with van der Waals surface area (Å²) in [6.07, 6.45) is 0. The Bertz CT molecular complexity index is 1490. The monoisotopic (exact) mass is 476 g/mol. The molecule has 0 atom stereocenters. The van der Waals surface area contributed by atoms with Crippen LogP contribution in [0.15, 0.2) is 76.4 Å². The van der Waals surface area contributed by atoms with E-state index in [1.807, 2.05) is 51.1 Å². The molecule has 4 rings (SSSR count). The van der Waals surface area contributed by atoms with Crippen LogP contribution in [0, 0.1) is 20.8 Å². The Balaban J connectivity index is 1.79. The fourth-order valence-electron chi connectivity index (χ4n) is 3.95. The highest BCUT2D eigenvalue weighted by atomic mass is 32.2. The Kier molecular flexibility index (Phi) is 6.59. The van der Waals surface area contributed by atoms with Crippen LogP contribution in [-0.2, 0) is 23.1 Å². The van der Waals surface area contributed by atoms with Crippen LogP contribution >= 0.6 is 0 Å². The van der Waals surface area contributed by atoms with E-state index in [0.717, 1.165) is 33.2 Å². The molecule has 0 bridgehead atoms. The maximum Gasteiger partial charge on any atom is 0.252 e. The number of ether oxygens (including phenoxy) is 1. The van der Waals surface area contributed by atoms with Crippen molar-refractivity contribution in [2.75, 3.05) is 7.11 Å². The second kappa shape index (κ2) is 9.44. The van der Waals surface area contributed by atoms with Gasteiger partial charge in [-0.2, -0.15) is 4.31 Å². The predicted molar refractivity (Wildman–Crippen MR) is 135 cm³/mol. The van der Waals surface area contributed by atoms with Crippen molar-refractivity contribution in [3.63, 3.8) is 0 Å². The fourth-order valence-corrected chi connectivity index (χ4v) is 5.35. The summed E-state index contributed by atoms with van der Waals surface area (Å²) in [6.45, 7) is 5.88. The standard InChI is InChI=1S/C27H28N2O4S/c1-18-5-13-24(14-6-18)34(31,32)29(16-21-9-11-23(33-4)12-10-21)17-22-15-25-19(2)7-8-20(3)26(25)28-27(22)30/h5-15H,16-17H2,1-4H3,(H,28,30). The molecular formula is C27H28N2O4S. The van der Waals surface area contributed by atoms with Crippen LogP contribution in [0.5, 0.6) is 5.75 Å². The number of rotatable bonds is 7. The Labute approximate surface area is 199 Å². The van der Waals surface area contributed by atoms with Crippen LogP contribution in [0.2, 0.25) is 0 Å². The molecule has 0 aliphatic rings. The number of fused-ring (bicyclic) bond motifs is 1. The quantitative estimate of drug-likeness (QED) is 0.413. The van der Waals surface area contributed by atoms with Gasteiger partial charge < -0.3 is 9.72 Å². The van der Waals surface area contributed by atoms with Gasteiger partial charge in [-0.25, -0.2) is 8.42 Å². The normalized spacial score (nSPS) is 11.8. The number of nitrogens with zero attached hydrogens (tertiary/aromatic N) is 1. The minimum absolute atomic E-state index is 0.0547. The summed E-state index contributed by atoms with van der Waals surface area (Å²) in [4.78, 5) is 16.1. The summed E-state index contributed by atoms with van der Waals surface area (Å²) in [5.41, 5.74) is 4.62. The second-order valence-corrected chi connectivity index (χ2v) is 10.5. The number of aryl methyl sites for hydroxylation is 3. The molecule has 0 saturated carbocycles. The molecule has 1 aromatic heterocycles. The van der Waals surface area contributed by atoms with Gasteiger partial charge in [0.25, 0.3) is 5.56 Å². The fraction of sp³-hybridized carbons (Fsp3) is 0.222. The van der Waals surface area contributed by atoms with Crippen LogP contribution < -0.4 is 10.3 Å². The first kappa shape index (κ1) is 23.7. The molecule has 3 aromatic carbocycles. The SMILES string of the molecule is COc1ccc(CN(Cc2cc3c(C)ccc(C)c3[nH]c2=O)S(=O)(=O)c2ccc(C)cc2)cc1. The van der Waals surface area contributed by atoms with Crippen molar-refractivity contribution in [1.82, 2.24) is 9.29 Å². The summed E-state index contributed by atoms with van der Waals surface area (Å²) in [7, 11) is -2.29. The molecule has 0 fully saturated rings. The molecule has 4 aromatic rings. The van der Waals surface area contributed by atoms with Crippen LogP contribution in [0.4, 0.5) is 0 Å². The van der Waals surface area contributed by atoms with Crippen LogP contribution in [0.1, 0.15) is 27.8 Å². The zero-order valence-electron chi connectivity index (χ0n) is 19.8. The highest BCUT2D eigenvalue weighted by Gasteiger charge is 2.26. The first-order valence-corrected chi connectivity index (χ1v) is 12.4. The number of benzene rings is 3. The van der Waals surface area contributed by atoms with Crippen molar-refractivity contribution < 1.29 is 13.2 Å². The van der Waals surface area contributed by atoms with Gasteiger partial charge in [0.15, 0.2) is 0 Å². The third kappa shape index (κ3) is 4.76. The average molecular weight is 477 g/mol. The summed E-state index contributed by atoms with van der Waals surface area (Å²) >= 11 is 0. The molecule has 0 spiro atoms. The number of pyridine rings is 1. The smallest absolute Gasteiger partial charge is 0.252 e. The molecule has 0 aliphatic heterocycles. The number of hydrogen-bond donors (Lipinski definition) is 1. The molecule has 0 unspecified atom stereocenters. The lowest BCUT2D eigenvalue weighted by atomic mass is 10.0.